The van der Waals surface area contributed by atoms with Gasteiger partial charge in [0.05, 0.1) is 6.42 Å². The number of benzene rings is 2. The summed E-state index contributed by atoms with van der Waals surface area (Å²) in [6, 6.07) is 13.2. The summed E-state index contributed by atoms with van der Waals surface area (Å²) in [6.07, 6.45) is 0.385. The highest BCUT2D eigenvalue weighted by atomic mass is 16.2. The number of amides is 2. The Labute approximate surface area is 116 Å². The van der Waals surface area contributed by atoms with Crippen molar-refractivity contribution in [1.29, 1.82) is 0 Å². The molecule has 0 saturated carbocycles. The van der Waals surface area contributed by atoms with E-state index in [0.29, 0.717) is 12.0 Å². The summed E-state index contributed by atoms with van der Waals surface area (Å²) in [7, 11) is 1.61. The maximum Gasteiger partial charge on any atom is 0.251 e. The molecule has 2 N–H and O–H groups in total. The molecule has 0 aliphatic carbocycles. The van der Waals surface area contributed by atoms with Gasteiger partial charge < -0.3 is 10.6 Å². The van der Waals surface area contributed by atoms with Gasteiger partial charge in [0.1, 0.15) is 0 Å². The Kier molecular flexibility index (Phi) is 2.99. The van der Waals surface area contributed by atoms with Gasteiger partial charge in [0.2, 0.25) is 5.91 Å². The van der Waals surface area contributed by atoms with Crippen LogP contribution < -0.4 is 10.6 Å². The Morgan fingerprint density at radius 3 is 2.80 bits per heavy atom. The third-order valence-electron chi connectivity index (χ3n) is 3.45. The molecule has 1 heterocycles. The van der Waals surface area contributed by atoms with E-state index >= 15 is 0 Å². The largest absolute Gasteiger partial charge is 0.355 e. The van der Waals surface area contributed by atoms with Crippen LogP contribution in [0.3, 0.4) is 0 Å². The molecule has 1 aliphatic rings. The highest BCUT2D eigenvalue weighted by Crippen LogP contribution is 2.33. The van der Waals surface area contributed by atoms with Crippen LogP contribution in [0, 0.1) is 0 Å². The molecule has 4 nitrogen and oxygen atoms in total. The topological polar surface area (TPSA) is 58.2 Å². The van der Waals surface area contributed by atoms with Crippen LogP contribution in [0.2, 0.25) is 0 Å². The van der Waals surface area contributed by atoms with Crippen LogP contribution in [0.5, 0.6) is 0 Å². The van der Waals surface area contributed by atoms with E-state index in [2.05, 4.69) is 10.6 Å². The highest BCUT2D eigenvalue weighted by Gasteiger charge is 2.21. The number of fused-ring (bicyclic) bond motifs is 1. The molecule has 0 fully saturated rings. The Hall–Kier alpha value is -2.62. The molecule has 0 bridgehead atoms. The predicted molar refractivity (Wildman–Crippen MR) is 77.6 cm³/mol. The molecule has 2 aromatic rings. The molecule has 0 atom stereocenters. The zero-order chi connectivity index (χ0) is 14.1. The average molecular weight is 266 g/mol. The number of rotatable bonds is 2. The van der Waals surface area contributed by atoms with E-state index in [1.165, 1.54) is 0 Å². The third-order valence-corrected chi connectivity index (χ3v) is 3.45. The minimum absolute atomic E-state index is 0.00917. The fourth-order valence-corrected chi connectivity index (χ4v) is 2.49. The lowest BCUT2D eigenvalue weighted by Gasteiger charge is -2.09. The second-order valence-corrected chi connectivity index (χ2v) is 4.72. The summed E-state index contributed by atoms with van der Waals surface area (Å²) in [5.41, 5.74) is 4.40. The van der Waals surface area contributed by atoms with Gasteiger partial charge in [-0.2, -0.15) is 0 Å². The molecule has 2 amide bonds. The lowest BCUT2D eigenvalue weighted by Crippen LogP contribution is -2.17. The Morgan fingerprint density at radius 1 is 1.20 bits per heavy atom. The maximum atomic E-state index is 11.7. The maximum absolute atomic E-state index is 11.7. The first-order valence-corrected chi connectivity index (χ1v) is 6.43. The van der Waals surface area contributed by atoms with Crippen LogP contribution in [0.25, 0.3) is 11.1 Å². The summed E-state index contributed by atoms with van der Waals surface area (Å²) < 4.78 is 0. The standard InChI is InChI=1S/C16H14N2O2/c1-17-16(20)11-5-2-4-10(8-11)12-6-3-7-14-13(12)9-15(19)18-14/h2-8H,9H2,1H3,(H,17,20)(H,18,19). The Morgan fingerprint density at radius 2 is 2.00 bits per heavy atom. The average Bonchev–Trinajstić information content (AvgIpc) is 2.86. The van der Waals surface area contributed by atoms with E-state index in [0.717, 1.165) is 22.4 Å². The fraction of sp³-hybridized carbons (Fsp3) is 0.125. The molecule has 20 heavy (non-hydrogen) atoms. The number of carbonyl (C=O) groups is 2. The molecule has 0 radical (unpaired) electrons. The van der Waals surface area contributed by atoms with Gasteiger partial charge in [0.15, 0.2) is 0 Å². The van der Waals surface area contributed by atoms with Crippen LogP contribution in [-0.4, -0.2) is 18.9 Å². The lowest BCUT2D eigenvalue weighted by molar-refractivity contribution is -0.115. The first-order chi connectivity index (χ1) is 9.69. The second-order valence-electron chi connectivity index (χ2n) is 4.72. The molecule has 0 saturated heterocycles. The molecular formula is C16H14N2O2. The number of hydrogen-bond acceptors (Lipinski definition) is 2. The molecule has 0 spiro atoms. The van der Waals surface area contributed by atoms with Gasteiger partial charge in [-0.15, -0.1) is 0 Å². The van der Waals surface area contributed by atoms with Crippen molar-refractivity contribution in [3.8, 4) is 11.1 Å². The van der Waals surface area contributed by atoms with Crippen molar-refractivity contribution in [1.82, 2.24) is 5.32 Å². The Bertz CT molecular complexity index is 707. The van der Waals surface area contributed by atoms with E-state index in [9.17, 15) is 9.59 Å². The fourth-order valence-electron chi connectivity index (χ4n) is 2.49. The second kappa shape index (κ2) is 4.81. The normalized spacial score (nSPS) is 12.8. The molecule has 4 heteroatoms. The number of nitrogens with one attached hydrogen (secondary N) is 2. The zero-order valence-corrected chi connectivity index (χ0v) is 11.1. The quantitative estimate of drug-likeness (QED) is 0.875. The molecule has 100 valence electrons. The first-order valence-electron chi connectivity index (χ1n) is 6.43. The van der Waals surface area contributed by atoms with Gasteiger partial charge in [-0.1, -0.05) is 24.3 Å². The molecule has 3 rings (SSSR count). The van der Waals surface area contributed by atoms with Gasteiger partial charge in [0, 0.05) is 18.3 Å². The van der Waals surface area contributed by atoms with Crippen molar-refractivity contribution in [3.63, 3.8) is 0 Å². The van der Waals surface area contributed by atoms with Gasteiger partial charge in [-0.25, -0.2) is 0 Å². The van der Waals surface area contributed by atoms with Crippen molar-refractivity contribution in [2.45, 2.75) is 6.42 Å². The summed E-state index contributed by atoms with van der Waals surface area (Å²) in [5, 5.41) is 5.45. The van der Waals surface area contributed by atoms with Gasteiger partial charge in [0.25, 0.3) is 5.91 Å². The highest BCUT2D eigenvalue weighted by molar-refractivity contribution is 6.02. The summed E-state index contributed by atoms with van der Waals surface area (Å²) >= 11 is 0. The van der Waals surface area contributed by atoms with E-state index in [4.69, 9.17) is 0 Å². The van der Waals surface area contributed by atoms with Crippen molar-refractivity contribution in [2.75, 3.05) is 12.4 Å². The predicted octanol–water partition coefficient (Wildman–Crippen LogP) is 2.21. The molecule has 0 unspecified atom stereocenters. The smallest absolute Gasteiger partial charge is 0.251 e. The lowest BCUT2D eigenvalue weighted by atomic mass is 9.96. The van der Waals surface area contributed by atoms with Crippen molar-refractivity contribution >= 4 is 17.5 Å². The number of anilines is 1. The zero-order valence-electron chi connectivity index (χ0n) is 11.1. The minimum atomic E-state index is -0.117. The molecular weight excluding hydrogens is 252 g/mol. The van der Waals surface area contributed by atoms with Crippen LogP contribution >= 0.6 is 0 Å². The molecule has 2 aromatic carbocycles. The number of hydrogen-bond donors (Lipinski definition) is 2. The SMILES string of the molecule is CNC(=O)c1cccc(-c2cccc3c2CC(=O)N3)c1. The van der Waals surface area contributed by atoms with Crippen LogP contribution in [-0.2, 0) is 11.2 Å². The van der Waals surface area contributed by atoms with Gasteiger partial charge >= 0.3 is 0 Å². The molecule has 0 aromatic heterocycles. The summed E-state index contributed by atoms with van der Waals surface area (Å²) in [4.78, 5) is 23.2. The minimum Gasteiger partial charge on any atom is -0.355 e. The third kappa shape index (κ3) is 2.05. The van der Waals surface area contributed by atoms with Crippen LogP contribution in [0.1, 0.15) is 15.9 Å². The van der Waals surface area contributed by atoms with Gasteiger partial charge in [-0.05, 0) is 34.9 Å². The summed E-state index contributed by atoms with van der Waals surface area (Å²) in [6.45, 7) is 0. The van der Waals surface area contributed by atoms with Crippen molar-refractivity contribution in [3.05, 3.63) is 53.6 Å². The van der Waals surface area contributed by atoms with Crippen LogP contribution in [0.4, 0.5) is 5.69 Å². The summed E-state index contributed by atoms with van der Waals surface area (Å²) in [5.74, 6) is -0.108. The van der Waals surface area contributed by atoms with Crippen molar-refractivity contribution in [2.24, 2.45) is 0 Å². The van der Waals surface area contributed by atoms with E-state index < -0.39 is 0 Å². The van der Waals surface area contributed by atoms with Crippen molar-refractivity contribution < 1.29 is 9.59 Å². The number of carbonyl (C=O) groups excluding carboxylic acids is 2. The van der Waals surface area contributed by atoms with E-state index in [-0.39, 0.29) is 11.8 Å². The van der Waals surface area contributed by atoms with Gasteiger partial charge in [-0.3, -0.25) is 9.59 Å². The molecule has 1 aliphatic heterocycles. The first kappa shape index (κ1) is 12.4. The monoisotopic (exact) mass is 266 g/mol. The van der Waals surface area contributed by atoms with Crippen LogP contribution in [0.15, 0.2) is 42.5 Å². The van der Waals surface area contributed by atoms with E-state index in [1.807, 2.05) is 36.4 Å². The Balaban J connectivity index is 2.09. The van der Waals surface area contributed by atoms with E-state index in [1.54, 1.807) is 13.1 Å².